The maximum atomic E-state index is 11.7. The summed E-state index contributed by atoms with van der Waals surface area (Å²) < 4.78 is 28.7. The van der Waals surface area contributed by atoms with Crippen molar-refractivity contribution in [3.63, 3.8) is 0 Å². The van der Waals surface area contributed by atoms with Crippen molar-refractivity contribution in [3.8, 4) is 5.75 Å². The number of pyridine rings is 1. The van der Waals surface area contributed by atoms with Crippen molar-refractivity contribution in [1.82, 2.24) is 4.98 Å². The van der Waals surface area contributed by atoms with E-state index in [1.54, 1.807) is 25.4 Å². The van der Waals surface area contributed by atoms with Crippen LogP contribution in [0.2, 0.25) is 0 Å². The maximum absolute atomic E-state index is 11.7. The lowest BCUT2D eigenvalue weighted by Gasteiger charge is -2.11. The predicted octanol–water partition coefficient (Wildman–Crippen LogP) is 2.46. The Kier molecular flexibility index (Phi) is 5.03. The molecule has 0 saturated heterocycles. The first-order valence-corrected chi connectivity index (χ1v) is 8.83. The zero-order valence-corrected chi connectivity index (χ0v) is 13.8. The van der Waals surface area contributed by atoms with Crippen LogP contribution in [0.1, 0.15) is 11.1 Å². The van der Waals surface area contributed by atoms with Crippen LogP contribution in [-0.4, -0.2) is 33.3 Å². The van der Waals surface area contributed by atoms with Crippen LogP contribution in [0.5, 0.6) is 5.75 Å². The lowest BCUT2D eigenvalue weighted by molar-refractivity contribution is 0.411. The lowest BCUT2D eigenvalue weighted by Crippen LogP contribution is -2.10. The third kappa shape index (κ3) is 3.98. The standard InChI is InChI=1S/C16H20N2O3S/c1-12-6-7-13(11-14(12)21-2)8-10-18-16-15(22(3,19)20)5-4-9-17-16/h4-7,9,11H,8,10H2,1-3H3,(H,17,18). The number of hydrogen-bond acceptors (Lipinski definition) is 5. The van der Waals surface area contributed by atoms with Gasteiger partial charge >= 0.3 is 0 Å². The van der Waals surface area contributed by atoms with E-state index in [9.17, 15) is 8.42 Å². The molecule has 2 rings (SSSR count). The first-order chi connectivity index (χ1) is 10.4. The van der Waals surface area contributed by atoms with Crippen molar-refractivity contribution in [2.45, 2.75) is 18.2 Å². The van der Waals surface area contributed by atoms with Gasteiger partial charge < -0.3 is 10.1 Å². The molecule has 6 heteroatoms. The zero-order chi connectivity index (χ0) is 16.2. The normalized spacial score (nSPS) is 11.2. The highest BCUT2D eigenvalue weighted by Gasteiger charge is 2.13. The Morgan fingerprint density at radius 2 is 2.05 bits per heavy atom. The quantitative estimate of drug-likeness (QED) is 0.885. The Bertz CT molecular complexity index is 758. The second-order valence-corrected chi connectivity index (χ2v) is 7.09. The summed E-state index contributed by atoms with van der Waals surface area (Å²) in [5.74, 6) is 1.25. The second kappa shape index (κ2) is 6.79. The van der Waals surface area contributed by atoms with Crippen molar-refractivity contribution >= 4 is 15.7 Å². The number of rotatable bonds is 6. The number of sulfone groups is 1. The van der Waals surface area contributed by atoms with Crippen molar-refractivity contribution in [1.29, 1.82) is 0 Å². The van der Waals surface area contributed by atoms with Crippen molar-refractivity contribution < 1.29 is 13.2 Å². The molecular formula is C16H20N2O3S. The first-order valence-electron chi connectivity index (χ1n) is 6.94. The molecule has 0 saturated carbocycles. The van der Waals surface area contributed by atoms with E-state index in [1.165, 1.54) is 6.26 Å². The number of ether oxygens (including phenoxy) is 1. The number of aromatic nitrogens is 1. The summed E-state index contributed by atoms with van der Waals surface area (Å²) in [6, 6.07) is 9.21. The Morgan fingerprint density at radius 3 is 2.73 bits per heavy atom. The van der Waals surface area contributed by atoms with Crippen molar-refractivity contribution in [2.75, 3.05) is 25.2 Å². The summed E-state index contributed by atoms with van der Waals surface area (Å²) in [7, 11) is -1.64. The average molecular weight is 320 g/mol. The van der Waals surface area contributed by atoms with Crippen LogP contribution in [0, 0.1) is 6.92 Å². The third-order valence-electron chi connectivity index (χ3n) is 3.35. The van der Waals surface area contributed by atoms with E-state index in [0.717, 1.165) is 23.3 Å². The maximum Gasteiger partial charge on any atom is 0.179 e. The van der Waals surface area contributed by atoms with E-state index < -0.39 is 9.84 Å². The smallest absolute Gasteiger partial charge is 0.179 e. The van der Waals surface area contributed by atoms with E-state index in [0.29, 0.717) is 12.4 Å². The van der Waals surface area contributed by atoms with Gasteiger partial charge in [-0.3, -0.25) is 0 Å². The van der Waals surface area contributed by atoms with Crippen LogP contribution in [-0.2, 0) is 16.3 Å². The Balaban J connectivity index is 2.06. The van der Waals surface area contributed by atoms with Gasteiger partial charge in [-0.25, -0.2) is 13.4 Å². The van der Waals surface area contributed by atoms with E-state index in [1.807, 2.05) is 25.1 Å². The van der Waals surface area contributed by atoms with Crippen LogP contribution < -0.4 is 10.1 Å². The number of nitrogens with zero attached hydrogens (tertiary/aromatic N) is 1. The van der Waals surface area contributed by atoms with Gasteiger partial charge in [0.25, 0.3) is 0 Å². The average Bonchev–Trinajstić information content (AvgIpc) is 2.48. The molecule has 0 aliphatic carbocycles. The van der Waals surface area contributed by atoms with Crippen molar-refractivity contribution in [2.24, 2.45) is 0 Å². The molecule has 22 heavy (non-hydrogen) atoms. The summed E-state index contributed by atoms with van der Waals surface area (Å²) in [6.45, 7) is 2.58. The van der Waals surface area contributed by atoms with Gasteiger partial charge in [-0.1, -0.05) is 12.1 Å². The molecule has 1 aromatic carbocycles. The molecule has 0 unspecified atom stereocenters. The van der Waals surface area contributed by atoms with Gasteiger partial charge in [0.1, 0.15) is 16.5 Å². The van der Waals surface area contributed by atoms with E-state index in [4.69, 9.17) is 4.74 Å². The molecule has 0 radical (unpaired) electrons. The SMILES string of the molecule is COc1cc(CCNc2ncccc2S(C)(=O)=O)ccc1C. The minimum absolute atomic E-state index is 0.219. The van der Waals surface area contributed by atoms with Gasteiger partial charge in [0.2, 0.25) is 0 Å². The lowest BCUT2D eigenvalue weighted by atomic mass is 10.1. The van der Waals surface area contributed by atoms with Gasteiger partial charge in [-0.05, 0) is 42.7 Å². The Labute approximate surface area is 131 Å². The molecular weight excluding hydrogens is 300 g/mol. The molecule has 0 spiro atoms. The number of hydrogen-bond donors (Lipinski definition) is 1. The number of nitrogens with one attached hydrogen (secondary N) is 1. The number of aryl methyl sites for hydroxylation is 1. The summed E-state index contributed by atoms with van der Waals surface area (Å²) in [5, 5.41) is 3.09. The molecule has 1 aromatic heterocycles. The fourth-order valence-corrected chi connectivity index (χ4v) is 2.97. The van der Waals surface area contributed by atoms with Gasteiger partial charge in [0, 0.05) is 19.0 Å². The summed E-state index contributed by atoms with van der Waals surface area (Å²) in [4.78, 5) is 4.33. The minimum Gasteiger partial charge on any atom is -0.496 e. The summed E-state index contributed by atoms with van der Waals surface area (Å²) in [6.07, 6.45) is 3.50. The van der Waals surface area contributed by atoms with Crippen LogP contribution >= 0.6 is 0 Å². The summed E-state index contributed by atoms with van der Waals surface area (Å²) >= 11 is 0. The fraction of sp³-hybridized carbons (Fsp3) is 0.312. The van der Waals surface area contributed by atoms with Gasteiger partial charge in [0.15, 0.2) is 9.84 Å². The molecule has 0 bridgehead atoms. The topological polar surface area (TPSA) is 68.3 Å². The van der Waals surface area contributed by atoms with Crippen LogP contribution in [0.25, 0.3) is 0 Å². The van der Waals surface area contributed by atoms with E-state index >= 15 is 0 Å². The van der Waals surface area contributed by atoms with E-state index in [2.05, 4.69) is 10.3 Å². The second-order valence-electron chi connectivity index (χ2n) is 5.10. The summed E-state index contributed by atoms with van der Waals surface area (Å²) in [5.41, 5.74) is 2.20. The van der Waals surface area contributed by atoms with Crippen LogP contribution in [0.3, 0.4) is 0 Å². The van der Waals surface area contributed by atoms with Gasteiger partial charge in [-0.15, -0.1) is 0 Å². The molecule has 1 N–H and O–H groups in total. The largest absolute Gasteiger partial charge is 0.496 e. The first kappa shape index (κ1) is 16.3. The molecule has 1 heterocycles. The highest BCUT2D eigenvalue weighted by Crippen LogP contribution is 2.20. The molecule has 0 atom stereocenters. The van der Waals surface area contributed by atoms with Crippen LogP contribution in [0.15, 0.2) is 41.4 Å². The predicted molar refractivity (Wildman–Crippen MR) is 87.3 cm³/mol. The molecule has 0 fully saturated rings. The Morgan fingerprint density at radius 1 is 1.27 bits per heavy atom. The molecule has 0 amide bonds. The number of methoxy groups -OCH3 is 1. The zero-order valence-electron chi connectivity index (χ0n) is 13.0. The fourth-order valence-electron chi connectivity index (χ4n) is 2.17. The molecule has 118 valence electrons. The third-order valence-corrected chi connectivity index (χ3v) is 4.48. The molecule has 0 aliphatic heterocycles. The molecule has 5 nitrogen and oxygen atoms in total. The van der Waals surface area contributed by atoms with Crippen molar-refractivity contribution in [3.05, 3.63) is 47.7 Å². The van der Waals surface area contributed by atoms with Gasteiger partial charge in [0.05, 0.1) is 7.11 Å². The number of benzene rings is 1. The number of anilines is 1. The monoisotopic (exact) mass is 320 g/mol. The molecule has 0 aliphatic rings. The van der Waals surface area contributed by atoms with Crippen LogP contribution in [0.4, 0.5) is 5.82 Å². The minimum atomic E-state index is -3.29. The highest BCUT2D eigenvalue weighted by atomic mass is 32.2. The molecule has 2 aromatic rings. The van der Waals surface area contributed by atoms with Gasteiger partial charge in [-0.2, -0.15) is 0 Å². The van der Waals surface area contributed by atoms with E-state index in [-0.39, 0.29) is 4.90 Å². The highest BCUT2D eigenvalue weighted by molar-refractivity contribution is 7.90. The Hall–Kier alpha value is -2.08.